The van der Waals surface area contributed by atoms with E-state index >= 15 is 0 Å². The molecule has 0 aliphatic rings. The van der Waals surface area contributed by atoms with E-state index in [1.165, 1.54) is 9.70 Å². The fourth-order valence-electron chi connectivity index (χ4n) is 1.32. The van der Waals surface area contributed by atoms with Crippen molar-refractivity contribution in [3.05, 3.63) is 0 Å². The van der Waals surface area contributed by atoms with Crippen molar-refractivity contribution in [1.29, 1.82) is 0 Å². The van der Waals surface area contributed by atoms with Gasteiger partial charge < -0.3 is 14.5 Å². The average Bonchev–Trinajstić information content (AvgIpc) is 2.69. The highest BCUT2D eigenvalue weighted by Crippen LogP contribution is 2.22. The average molecular weight is 265 g/mol. The molecule has 0 unspecified atom stereocenters. The summed E-state index contributed by atoms with van der Waals surface area (Å²) >= 11 is 0. The largest absolute Gasteiger partial charge is 0.416 e. The summed E-state index contributed by atoms with van der Waals surface area (Å²) in [7, 11) is 8.41. The summed E-state index contributed by atoms with van der Waals surface area (Å²) in [5, 5.41) is 8.18. The number of aromatic nitrogens is 5. The molecule has 0 atom stereocenters. The standard InChI is InChI=1S/C10H15N7O2/c1-15(2)9-11-7-6(13-17(5)14-7)8(12-9)19-10(18)16(3)4/h1-5H3. The lowest BCUT2D eigenvalue weighted by Crippen LogP contribution is -2.26. The van der Waals surface area contributed by atoms with E-state index in [2.05, 4.69) is 20.2 Å². The van der Waals surface area contributed by atoms with Crippen molar-refractivity contribution in [2.75, 3.05) is 33.1 Å². The third kappa shape index (κ3) is 2.54. The Morgan fingerprint density at radius 1 is 1.16 bits per heavy atom. The van der Waals surface area contributed by atoms with Crippen LogP contribution in [-0.2, 0) is 7.05 Å². The van der Waals surface area contributed by atoms with Gasteiger partial charge in [-0.1, -0.05) is 0 Å². The molecule has 0 saturated heterocycles. The molecule has 0 aliphatic heterocycles. The lowest BCUT2D eigenvalue weighted by molar-refractivity contribution is 0.170. The predicted molar refractivity (Wildman–Crippen MR) is 68.1 cm³/mol. The van der Waals surface area contributed by atoms with Gasteiger partial charge in [0.2, 0.25) is 11.6 Å². The Morgan fingerprint density at radius 2 is 1.84 bits per heavy atom. The maximum absolute atomic E-state index is 11.6. The van der Waals surface area contributed by atoms with Crippen molar-refractivity contribution in [3.63, 3.8) is 0 Å². The van der Waals surface area contributed by atoms with Gasteiger partial charge in [0.15, 0.2) is 5.52 Å². The molecule has 2 aromatic heterocycles. The first kappa shape index (κ1) is 13.0. The maximum atomic E-state index is 11.6. The number of anilines is 1. The van der Waals surface area contributed by atoms with Crippen LogP contribution in [0.2, 0.25) is 0 Å². The van der Waals surface area contributed by atoms with Gasteiger partial charge in [0.1, 0.15) is 0 Å². The molecule has 0 saturated carbocycles. The Labute approximate surface area is 109 Å². The normalized spacial score (nSPS) is 10.6. The molecule has 102 valence electrons. The van der Waals surface area contributed by atoms with E-state index in [4.69, 9.17) is 4.74 Å². The summed E-state index contributed by atoms with van der Waals surface area (Å²) < 4.78 is 5.19. The summed E-state index contributed by atoms with van der Waals surface area (Å²) in [5.74, 6) is 0.495. The molecule has 9 heteroatoms. The van der Waals surface area contributed by atoms with Crippen LogP contribution in [0.1, 0.15) is 0 Å². The zero-order valence-electron chi connectivity index (χ0n) is 11.4. The quantitative estimate of drug-likeness (QED) is 0.748. The third-order valence-corrected chi connectivity index (χ3v) is 2.26. The second kappa shape index (κ2) is 4.67. The molecule has 0 aliphatic carbocycles. The second-order valence-electron chi connectivity index (χ2n) is 4.35. The molecule has 9 nitrogen and oxygen atoms in total. The summed E-state index contributed by atoms with van der Waals surface area (Å²) in [6.07, 6.45) is -0.532. The van der Waals surface area contributed by atoms with Crippen LogP contribution >= 0.6 is 0 Å². The minimum atomic E-state index is -0.532. The molecule has 2 aromatic rings. The van der Waals surface area contributed by atoms with E-state index in [1.54, 1.807) is 40.1 Å². The fourth-order valence-corrected chi connectivity index (χ4v) is 1.32. The third-order valence-electron chi connectivity index (χ3n) is 2.26. The zero-order chi connectivity index (χ0) is 14.2. The number of ether oxygens (including phenoxy) is 1. The first-order chi connectivity index (χ1) is 8.88. The van der Waals surface area contributed by atoms with Crippen LogP contribution in [0, 0.1) is 0 Å². The van der Waals surface area contributed by atoms with Crippen molar-refractivity contribution in [2.24, 2.45) is 7.05 Å². The minimum absolute atomic E-state index is 0.0977. The van der Waals surface area contributed by atoms with Crippen LogP contribution in [-0.4, -0.2) is 64.1 Å². The van der Waals surface area contributed by atoms with Crippen molar-refractivity contribution in [1.82, 2.24) is 29.9 Å². The summed E-state index contributed by atoms with van der Waals surface area (Å²) in [6.45, 7) is 0. The van der Waals surface area contributed by atoms with E-state index in [0.29, 0.717) is 17.1 Å². The van der Waals surface area contributed by atoms with Crippen LogP contribution in [0.4, 0.5) is 10.7 Å². The highest BCUT2D eigenvalue weighted by Gasteiger charge is 2.18. The number of carbonyl (C=O) groups excluding carboxylic acids is 1. The summed E-state index contributed by atoms with van der Waals surface area (Å²) in [4.78, 5) is 24.4. The molecule has 19 heavy (non-hydrogen) atoms. The van der Waals surface area contributed by atoms with Gasteiger partial charge in [0.05, 0.1) is 0 Å². The first-order valence-electron chi connectivity index (χ1n) is 5.54. The molecular formula is C10H15N7O2. The van der Waals surface area contributed by atoms with Gasteiger partial charge in [-0.05, 0) is 0 Å². The minimum Gasteiger partial charge on any atom is -0.388 e. The summed E-state index contributed by atoms with van der Waals surface area (Å²) in [5.41, 5.74) is 0.728. The first-order valence-corrected chi connectivity index (χ1v) is 5.54. The van der Waals surface area contributed by atoms with Gasteiger partial charge >= 0.3 is 6.09 Å². The van der Waals surface area contributed by atoms with E-state index in [-0.39, 0.29) is 5.88 Å². The molecule has 2 heterocycles. The Bertz CT molecular complexity index is 620. The molecule has 1 amide bonds. The Balaban J connectivity index is 2.53. The topological polar surface area (TPSA) is 89.3 Å². The number of hydrogen-bond donors (Lipinski definition) is 0. The second-order valence-corrected chi connectivity index (χ2v) is 4.35. The van der Waals surface area contributed by atoms with E-state index in [0.717, 1.165) is 0 Å². The summed E-state index contributed by atoms with van der Waals surface area (Å²) in [6, 6.07) is 0. The lowest BCUT2D eigenvalue weighted by atomic mass is 10.5. The molecule has 0 fully saturated rings. The Morgan fingerprint density at radius 3 is 2.42 bits per heavy atom. The Kier molecular flexibility index (Phi) is 3.19. The molecule has 0 aromatic carbocycles. The molecular weight excluding hydrogens is 250 g/mol. The van der Waals surface area contributed by atoms with E-state index < -0.39 is 6.09 Å². The number of amides is 1. The van der Waals surface area contributed by atoms with Crippen LogP contribution in [0.3, 0.4) is 0 Å². The predicted octanol–water partition coefficient (Wildman–Crippen LogP) is -0.115. The zero-order valence-corrected chi connectivity index (χ0v) is 11.4. The van der Waals surface area contributed by atoms with E-state index in [1.807, 2.05) is 0 Å². The maximum Gasteiger partial charge on any atom is 0.416 e. The van der Waals surface area contributed by atoms with Crippen LogP contribution in [0.25, 0.3) is 11.2 Å². The molecule has 0 bridgehead atoms. The van der Waals surface area contributed by atoms with Crippen molar-refractivity contribution in [3.8, 4) is 5.88 Å². The number of rotatable bonds is 2. The SMILES string of the molecule is CN(C)C(=O)Oc1nc(N(C)C)nc2nn(C)nc12. The highest BCUT2D eigenvalue weighted by molar-refractivity contribution is 5.80. The number of hydrogen-bond acceptors (Lipinski definition) is 7. The highest BCUT2D eigenvalue weighted by atomic mass is 16.6. The fraction of sp³-hybridized carbons (Fsp3) is 0.500. The number of nitrogens with zero attached hydrogens (tertiary/aromatic N) is 7. The van der Waals surface area contributed by atoms with Crippen molar-refractivity contribution in [2.45, 2.75) is 0 Å². The number of aryl methyl sites for hydroxylation is 1. The van der Waals surface area contributed by atoms with Gasteiger partial charge in [-0.15, -0.1) is 10.2 Å². The van der Waals surface area contributed by atoms with E-state index in [9.17, 15) is 4.79 Å². The van der Waals surface area contributed by atoms with Gasteiger partial charge in [0.25, 0.3) is 5.88 Å². The van der Waals surface area contributed by atoms with Crippen LogP contribution < -0.4 is 9.64 Å². The van der Waals surface area contributed by atoms with Gasteiger partial charge in [-0.3, -0.25) is 0 Å². The molecule has 0 radical (unpaired) electrons. The Hall–Kier alpha value is -2.45. The van der Waals surface area contributed by atoms with Crippen LogP contribution in [0.5, 0.6) is 5.88 Å². The van der Waals surface area contributed by atoms with Crippen LogP contribution in [0.15, 0.2) is 0 Å². The molecule has 2 rings (SSSR count). The van der Waals surface area contributed by atoms with Gasteiger partial charge in [-0.25, -0.2) is 4.79 Å². The van der Waals surface area contributed by atoms with Crippen molar-refractivity contribution >= 4 is 23.2 Å². The number of carbonyl (C=O) groups is 1. The van der Waals surface area contributed by atoms with Gasteiger partial charge in [-0.2, -0.15) is 14.8 Å². The number of fused-ring (bicyclic) bond motifs is 1. The van der Waals surface area contributed by atoms with Crippen molar-refractivity contribution < 1.29 is 9.53 Å². The van der Waals surface area contributed by atoms with Gasteiger partial charge in [0, 0.05) is 35.2 Å². The molecule has 0 N–H and O–H groups in total. The smallest absolute Gasteiger partial charge is 0.388 e. The molecule has 0 spiro atoms. The lowest BCUT2D eigenvalue weighted by Gasteiger charge is -2.13. The monoisotopic (exact) mass is 265 g/mol.